The third-order valence-corrected chi connectivity index (χ3v) is 3.44. The van der Waals surface area contributed by atoms with Crippen molar-refractivity contribution in [3.8, 4) is 0 Å². The molecule has 1 rings (SSSR count). The van der Waals surface area contributed by atoms with E-state index in [0.717, 1.165) is 25.7 Å². The summed E-state index contributed by atoms with van der Waals surface area (Å²) in [6.07, 6.45) is 3.61. The van der Waals surface area contributed by atoms with Crippen LogP contribution in [0.5, 0.6) is 0 Å². The van der Waals surface area contributed by atoms with Crippen LogP contribution in [0.15, 0.2) is 0 Å². The van der Waals surface area contributed by atoms with Crippen LogP contribution in [-0.2, 0) is 9.59 Å². The van der Waals surface area contributed by atoms with Crippen molar-refractivity contribution in [1.29, 1.82) is 0 Å². The Morgan fingerprint density at radius 3 is 2.40 bits per heavy atom. The Hall–Kier alpha value is -1.06. The highest BCUT2D eigenvalue weighted by Crippen LogP contribution is 2.38. The van der Waals surface area contributed by atoms with Crippen molar-refractivity contribution >= 4 is 11.9 Å². The first-order chi connectivity index (χ1) is 7.04. The smallest absolute Gasteiger partial charge is 0.307 e. The third-order valence-electron chi connectivity index (χ3n) is 3.44. The van der Waals surface area contributed by atoms with Crippen LogP contribution in [0.4, 0.5) is 0 Å². The minimum absolute atomic E-state index is 0.0588. The molecule has 0 aliphatic heterocycles. The van der Waals surface area contributed by atoms with Crippen LogP contribution in [0.25, 0.3) is 0 Å². The summed E-state index contributed by atoms with van der Waals surface area (Å²) < 4.78 is 0. The molecule has 86 valence electrons. The number of carbonyl (C=O) groups is 2. The number of rotatable bonds is 5. The zero-order valence-corrected chi connectivity index (χ0v) is 8.98. The molecule has 0 bridgehead atoms. The Labute approximate surface area is 89.3 Å². The first kappa shape index (κ1) is 12.0. The van der Waals surface area contributed by atoms with Crippen molar-refractivity contribution in [2.24, 2.45) is 17.8 Å². The van der Waals surface area contributed by atoms with E-state index in [9.17, 15) is 9.59 Å². The summed E-state index contributed by atoms with van der Waals surface area (Å²) in [6, 6.07) is 0. The monoisotopic (exact) mass is 214 g/mol. The molecule has 1 fully saturated rings. The van der Waals surface area contributed by atoms with Crippen molar-refractivity contribution in [2.45, 2.75) is 39.0 Å². The summed E-state index contributed by atoms with van der Waals surface area (Å²) in [6.45, 7) is 2.10. The van der Waals surface area contributed by atoms with E-state index in [2.05, 4.69) is 6.92 Å². The Morgan fingerprint density at radius 2 is 2.00 bits per heavy atom. The summed E-state index contributed by atoms with van der Waals surface area (Å²) in [5.74, 6) is -2.02. The van der Waals surface area contributed by atoms with Crippen molar-refractivity contribution in [2.75, 3.05) is 0 Å². The van der Waals surface area contributed by atoms with Gasteiger partial charge in [-0.2, -0.15) is 0 Å². The number of carboxylic acids is 2. The Morgan fingerprint density at radius 1 is 1.33 bits per heavy atom. The van der Waals surface area contributed by atoms with Crippen LogP contribution < -0.4 is 0 Å². The molecule has 3 atom stereocenters. The molecule has 0 spiro atoms. The average molecular weight is 214 g/mol. The second-order valence-electron chi connectivity index (χ2n) is 4.39. The van der Waals surface area contributed by atoms with Gasteiger partial charge in [-0.25, -0.2) is 0 Å². The van der Waals surface area contributed by atoms with Gasteiger partial charge < -0.3 is 10.2 Å². The third kappa shape index (κ3) is 3.22. The summed E-state index contributed by atoms with van der Waals surface area (Å²) >= 11 is 0. The fraction of sp³-hybridized carbons (Fsp3) is 0.818. The van der Waals surface area contributed by atoms with Crippen LogP contribution >= 0.6 is 0 Å². The first-order valence-electron chi connectivity index (χ1n) is 5.49. The molecule has 15 heavy (non-hydrogen) atoms. The highest BCUT2D eigenvalue weighted by molar-refractivity contribution is 5.78. The van der Waals surface area contributed by atoms with Crippen LogP contribution in [0.1, 0.15) is 39.0 Å². The molecule has 4 heteroatoms. The highest BCUT2D eigenvalue weighted by atomic mass is 16.4. The normalized spacial score (nSPS) is 27.5. The predicted octanol–water partition coefficient (Wildman–Crippen LogP) is 1.99. The standard InChI is InChI=1S/C11H18O4/c1-2-7-3-4-8(5-7)9(11(14)15)6-10(12)13/h7-9H,2-6H2,1H3,(H,12,13)(H,14,15)/t7-,8-,9+/m1/s1. The SMILES string of the molecule is CC[C@@H]1CC[C@@H]([C@H](CC(=O)O)C(=O)O)C1. The average Bonchev–Trinajstić information content (AvgIpc) is 2.61. The summed E-state index contributed by atoms with van der Waals surface area (Å²) in [5.41, 5.74) is 0. The van der Waals surface area contributed by atoms with Crippen molar-refractivity contribution in [3.63, 3.8) is 0 Å². The molecule has 0 unspecified atom stereocenters. The summed E-state index contributed by atoms with van der Waals surface area (Å²) in [7, 11) is 0. The molecule has 0 saturated heterocycles. The molecule has 0 aromatic rings. The molecule has 0 radical (unpaired) electrons. The van der Waals surface area contributed by atoms with E-state index < -0.39 is 17.9 Å². The Bertz CT molecular complexity index is 249. The Balaban J connectivity index is 2.57. The van der Waals surface area contributed by atoms with Gasteiger partial charge in [0.2, 0.25) is 0 Å². The molecule has 1 saturated carbocycles. The van der Waals surface area contributed by atoms with Crippen molar-refractivity contribution in [1.82, 2.24) is 0 Å². The van der Waals surface area contributed by atoms with Gasteiger partial charge in [0, 0.05) is 0 Å². The first-order valence-corrected chi connectivity index (χ1v) is 5.49. The topological polar surface area (TPSA) is 74.6 Å². The summed E-state index contributed by atoms with van der Waals surface area (Å²) in [5, 5.41) is 17.6. The van der Waals surface area contributed by atoms with Gasteiger partial charge in [-0.1, -0.05) is 19.8 Å². The van der Waals surface area contributed by atoms with E-state index in [-0.39, 0.29) is 12.3 Å². The zero-order chi connectivity index (χ0) is 11.4. The van der Waals surface area contributed by atoms with E-state index in [0.29, 0.717) is 5.92 Å². The molecule has 2 N–H and O–H groups in total. The molecule has 4 nitrogen and oxygen atoms in total. The fourth-order valence-corrected chi connectivity index (χ4v) is 2.49. The largest absolute Gasteiger partial charge is 0.481 e. The molecule has 0 amide bonds. The Kier molecular flexibility index (Phi) is 4.12. The quantitative estimate of drug-likeness (QED) is 0.733. The van der Waals surface area contributed by atoms with Gasteiger partial charge in [-0.05, 0) is 24.7 Å². The molecule has 0 aromatic heterocycles. The molecular weight excluding hydrogens is 196 g/mol. The summed E-state index contributed by atoms with van der Waals surface area (Å²) in [4.78, 5) is 21.5. The second kappa shape index (κ2) is 5.14. The number of hydrogen-bond acceptors (Lipinski definition) is 2. The van der Waals surface area contributed by atoms with Gasteiger partial charge in [0.1, 0.15) is 0 Å². The molecule has 0 heterocycles. The maximum atomic E-state index is 11.0. The van der Waals surface area contributed by atoms with E-state index in [4.69, 9.17) is 10.2 Å². The lowest BCUT2D eigenvalue weighted by Gasteiger charge is -2.17. The minimum atomic E-state index is -1.01. The lowest BCUT2D eigenvalue weighted by Crippen LogP contribution is -2.25. The maximum Gasteiger partial charge on any atom is 0.307 e. The molecule has 1 aliphatic carbocycles. The molecular formula is C11H18O4. The fourth-order valence-electron chi connectivity index (χ4n) is 2.49. The molecule has 1 aliphatic rings. The van der Waals surface area contributed by atoms with Gasteiger partial charge in [0.05, 0.1) is 12.3 Å². The van der Waals surface area contributed by atoms with Gasteiger partial charge in [-0.15, -0.1) is 0 Å². The lowest BCUT2D eigenvalue weighted by atomic mass is 9.87. The van der Waals surface area contributed by atoms with E-state index >= 15 is 0 Å². The van der Waals surface area contributed by atoms with Crippen LogP contribution in [0.2, 0.25) is 0 Å². The number of hydrogen-bond donors (Lipinski definition) is 2. The number of carboxylic acid groups (broad SMARTS) is 2. The zero-order valence-electron chi connectivity index (χ0n) is 8.98. The lowest BCUT2D eigenvalue weighted by molar-refractivity contribution is -0.150. The van der Waals surface area contributed by atoms with Crippen molar-refractivity contribution in [3.05, 3.63) is 0 Å². The van der Waals surface area contributed by atoms with Crippen LogP contribution in [0.3, 0.4) is 0 Å². The van der Waals surface area contributed by atoms with E-state index in [1.807, 2.05) is 0 Å². The van der Waals surface area contributed by atoms with E-state index in [1.54, 1.807) is 0 Å². The van der Waals surface area contributed by atoms with Gasteiger partial charge in [0.25, 0.3) is 0 Å². The van der Waals surface area contributed by atoms with Gasteiger partial charge in [-0.3, -0.25) is 9.59 Å². The van der Waals surface area contributed by atoms with Crippen LogP contribution in [-0.4, -0.2) is 22.2 Å². The van der Waals surface area contributed by atoms with Gasteiger partial charge in [0.15, 0.2) is 0 Å². The van der Waals surface area contributed by atoms with E-state index in [1.165, 1.54) is 0 Å². The predicted molar refractivity (Wildman–Crippen MR) is 54.5 cm³/mol. The maximum absolute atomic E-state index is 11.0. The molecule has 0 aromatic carbocycles. The van der Waals surface area contributed by atoms with Crippen molar-refractivity contribution < 1.29 is 19.8 Å². The van der Waals surface area contributed by atoms with Gasteiger partial charge >= 0.3 is 11.9 Å². The minimum Gasteiger partial charge on any atom is -0.481 e. The van der Waals surface area contributed by atoms with Crippen LogP contribution in [0, 0.1) is 17.8 Å². The second-order valence-corrected chi connectivity index (χ2v) is 4.39. The highest BCUT2D eigenvalue weighted by Gasteiger charge is 2.35. The number of aliphatic carboxylic acids is 2.